The molecule has 1 aliphatic carbocycles. The molecule has 0 radical (unpaired) electrons. The minimum absolute atomic E-state index is 0.00787. The minimum Gasteiger partial charge on any atom is -0.481 e. The highest BCUT2D eigenvalue weighted by atomic mass is 32.1. The lowest BCUT2D eigenvalue weighted by atomic mass is 10.1. The van der Waals surface area contributed by atoms with E-state index in [1.165, 1.54) is 11.3 Å². The van der Waals surface area contributed by atoms with Crippen molar-refractivity contribution in [2.45, 2.75) is 25.3 Å². The Balaban J connectivity index is 1.88. The molecule has 2 rings (SSSR count). The zero-order valence-corrected chi connectivity index (χ0v) is 9.50. The number of amides is 1. The van der Waals surface area contributed by atoms with Gasteiger partial charge in [0.2, 0.25) is 0 Å². The van der Waals surface area contributed by atoms with E-state index in [1.54, 1.807) is 11.4 Å². The molecule has 0 unspecified atom stereocenters. The van der Waals surface area contributed by atoms with E-state index in [9.17, 15) is 9.59 Å². The Morgan fingerprint density at radius 2 is 2.25 bits per heavy atom. The molecule has 0 saturated heterocycles. The summed E-state index contributed by atoms with van der Waals surface area (Å²) < 4.78 is 0. The fraction of sp³-hybridized carbons (Fsp3) is 0.455. The molecule has 5 heteroatoms. The van der Waals surface area contributed by atoms with Crippen molar-refractivity contribution in [3.63, 3.8) is 0 Å². The molecule has 1 saturated carbocycles. The highest BCUT2D eigenvalue weighted by Crippen LogP contribution is 2.25. The smallest absolute Gasteiger partial charge is 0.306 e. The van der Waals surface area contributed by atoms with Crippen molar-refractivity contribution in [2.75, 3.05) is 0 Å². The van der Waals surface area contributed by atoms with E-state index < -0.39 is 5.97 Å². The number of rotatable bonds is 3. The lowest BCUT2D eigenvalue weighted by Gasteiger charge is -2.11. The van der Waals surface area contributed by atoms with Gasteiger partial charge in [-0.2, -0.15) is 11.3 Å². The van der Waals surface area contributed by atoms with Crippen LogP contribution >= 0.6 is 11.3 Å². The molecule has 0 aromatic carbocycles. The highest BCUT2D eigenvalue weighted by Gasteiger charge is 2.30. The Labute approximate surface area is 97.3 Å². The molecule has 1 aromatic rings. The van der Waals surface area contributed by atoms with Gasteiger partial charge in [0.1, 0.15) is 0 Å². The van der Waals surface area contributed by atoms with Crippen LogP contribution < -0.4 is 5.32 Å². The van der Waals surface area contributed by atoms with Crippen LogP contribution in [0, 0.1) is 5.92 Å². The largest absolute Gasteiger partial charge is 0.481 e. The summed E-state index contributed by atoms with van der Waals surface area (Å²) in [5.41, 5.74) is 0.656. The maximum atomic E-state index is 11.7. The molecular formula is C11H13NO3S. The van der Waals surface area contributed by atoms with Gasteiger partial charge in [-0.05, 0) is 30.7 Å². The van der Waals surface area contributed by atoms with Crippen LogP contribution in [-0.4, -0.2) is 23.0 Å². The normalized spacial score (nSPS) is 24.2. The molecule has 4 nitrogen and oxygen atoms in total. The Kier molecular flexibility index (Phi) is 3.24. The molecule has 1 aliphatic rings. The average Bonchev–Trinajstić information content (AvgIpc) is 2.87. The van der Waals surface area contributed by atoms with Crippen LogP contribution in [0.25, 0.3) is 0 Å². The summed E-state index contributed by atoms with van der Waals surface area (Å²) in [6.07, 6.45) is 1.96. The van der Waals surface area contributed by atoms with Crippen LogP contribution in [0.5, 0.6) is 0 Å². The Bertz CT molecular complexity index is 388. The molecule has 86 valence electrons. The van der Waals surface area contributed by atoms with E-state index >= 15 is 0 Å². The standard InChI is InChI=1S/C11H13NO3S/c13-10(8-3-4-16-6-8)12-9-2-1-7(5-9)11(14)15/h3-4,6-7,9H,1-2,5H2,(H,12,13)(H,14,15)/t7-,9-/m0/s1. The molecule has 1 fully saturated rings. The topological polar surface area (TPSA) is 66.4 Å². The number of thiophene rings is 1. The first-order valence-electron chi connectivity index (χ1n) is 5.22. The van der Waals surface area contributed by atoms with Crippen molar-refractivity contribution in [2.24, 2.45) is 5.92 Å². The number of carbonyl (C=O) groups is 2. The van der Waals surface area contributed by atoms with Gasteiger partial charge in [0.15, 0.2) is 0 Å². The Morgan fingerprint density at radius 1 is 1.44 bits per heavy atom. The van der Waals surface area contributed by atoms with Crippen LogP contribution in [-0.2, 0) is 4.79 Å². The van der Waals surface area contributed by atoms with Crippen molar-refractivity contribution >= 4 is 23.2 Å². The molecule has 1 aromatic heterocycles. The van der Waals surface area contributed by atoms with Crippen molar-refractivity contribution in [1.82, 2.24) is 5.32 Å². The number of carbonyl (C=O) groups excluding carboxylic acids is 1. The van der Waals surface area contributed by atoms with Gasteiger partial charge in [0.05, 0.1) is 5.92 Å². The van der Waals surface area contributed by atoms with Crippen molar-refractivity contribution in [1.29, 1.82) is 0 Å². The van der Waals surface area contributed by atoms with Gasteiger partial charge in [-0.3, -0.25) is 9.59 Å². The summed E-state index contributed by atoms with van der Waals surface area (Å²) in [7, 11) is 0. The van der Waals surface area contributed by atoms with E-state index in [1.807, 2.05) is 5.38 Å². The van der Waals surface area contributed by atoms with Crippen LogP contribution in [0.2, 0.25) is 0 Å². The van der Waals surface area contributed by atoms with Crippen LogP contribution in [0.4, 0.5) is 0 Å². The van der Waals surface area contributed by atoms with Gasteiger partial charge < -0.3 is 10.4 Å². The second-order valence-electron chi connectivity index (χ2n) is 4.03. The van der Waals surface area contributed by atoms with Crippen LogP contribution in [0.3, 0.4) is 0 Å². The molecule has 1 amide bonds. The van der Waals surface area contributed by atoms with Gasteiger partial charge in [0.25, 0.3) is 5.91 Å². The fourth-order valence-corrected chi connectivity index (χ4v) is 2.64. The third kappa shape index (κ3) is 2.41. The number of aliphatic carboxylic acids is 1. The van der Waals surface area contributed by atoms with Gasteiger partial charge in [0, 0.05) is 17.0 Å². The maximum absolute atomic E-state index is 11.7. The zero-order valence-electron chi connectivity index (χ0n) is 8.68. The summed E-state index contributed by atoms with van der Waals surface area (Å²) in [5, 5.41) is 15.4. The molecule has 0 aliphatic heterocycles. The number of hydrogen-bond acceptors (Lipinski definition) is 3. The fourth-order valence-electron chi connectivity index (χ4n) is 2.00. The molecule has 2 atom stereocenters. The van der Waals surface area contributed by atoms with Gasteiger partial charge >= 0.3 is 5.97 Å². The third-order valence-corrected chi connectivity index (χ3v) is 3.58. The zero-order chi connectivity index (χ0) is 11.5. The number of carboxylic acids is 1. The van der Waals surface area contributed by atoms with Crippen LogP contribution in [0.15, 0.2) is 16.8 Å². The summed E-state index contributed by atoms with van der Waals surface area (Å²) in [6, 6.07) is 1.78. The minimum atomic E-state index is -0.757. The van der Waals surface area contributed by atoms with Crippen molar-refractivity contribution < 1.29 is 14.7 Å². The summed E-state index contributed by atoms with van der Waals surface area (Å²) in [6.45, 7) is 0. The maximum Gasteiger partial charge on any atom is 0.306 e. The molecule has 2 N–H and O–H groups in total. The monoisotopic (exact) mass is 239 g/mol. The van der Waals surface area contributed by atoms with Gasteiger partial charge in [-0.25, -0.2) is 0 Å². The first-order valence-corrected chi connectivity index (χ1v) is 6.17. The number of nitrogens with one attached hydrogen (secondary N) is 1. The molecular weight excluding hydrogens is 226 g/mol. The van der Waals surface area contributed by atoms with E-state index in [2.05, 4.69) is 5.32 Å². The number of carboxylic acid groups (broad SMARTS) is 1. The van der Waals surface area contributed by atoms with Crippen LogP contribution in [0.1, 0.15) is 29.6 Å². The molecule has 0 spiro atoms. The van der Waals surface area contributed by atoms with Gasteiger partial charge in [-0.15, -0.1) is 0 Å². The summed E-state index contributed by atoms with van der Waals surface area (Å²) in [4.78, 5) is 22.4. The van der Waals surface area contributed by atoms with E-state index in [4.69, 9.17) is 5.11 Å². The van der Waals surface area contributed by atoms with Crippen molar-refractivity contribution in [3.8, 4) is 0 Å². The summed E-state index contributed by atoms with van der Waals surface area (Å²) in [5.74, 6) is -1.16. The second-order valence-corrected chi connectivity index (χ2v) is 4.81. The van der Waals surface area contributed by atoms with E-state index in [-0.39, 0.29) is 17.9 Å². The predicted octanol–water partition coefficient (Wildman–Crippen LogP) is 1.73. The quantitative estimate of drug-likeness (QED) is 0.844. The average molecular weight is 239 g/mol. The number of hydrogen-bond donors (Lipinski definition) is 2. The molecule has 1 heterocycles. The molecule has 16 heavy (non-hydrogen) atoms. The second kappa shape index (κ2) is 4.65. The van der Waals surface area contributed by atoms with Gasteiger partial charge in [-0.1, -0.05) is 0 Å². The first-order chi connectivity index (χ1) is 7.66. The lowest BCUT2D eigenvalue weighted by Crippen LogP contribution is -2.33. The van der Waals surface area contributed by atoms with E-state index in [0.29, 0.717) is 18.4 Å². The Hall–Kier alpha value is -1.36. The molecule has 0 bridgehead atoms. The van der Waals surface area contributed by atoms with E-state index in [0.717, 1.165) is 6.42 Å². The first kappa shape index (κ1) is 11.1. The third-order valence-electron chi connectivity index (χ3n) is 2.90. The summed E-state index contributed by atoms with van der Waals surface area (Å²) >= 11 is 1.48. The SMILES string of the molecule is O=C(N[C@H]1CC[C@H](C(=O)O)C1)c1ccsc1. The Morgan fingerprint density at radius 3 is 2.81 bits per heavy atom. The lowest BCUT2D eigenvalue weighted by molar-refractivity contribution is -0.141. The highest BCUT2D eigenvalue weighted by molar-refractivity contribution is 7.08. The predicted molar refractivity (Wildman–Crippen MR) is 60.6 cm³/mol. The van der Waals surface area contributed by atoms with Crippen molar-refractivity contribution in [3.05, 3.63) is 22.4 Å².